The summed E-state index contributed by atoms with van der Waals surface area (Å²) in [7, 11) is 0. The molecule has 130 valence electrons. The average Bonchev–Trinajstić information content (AvgIpc) is 2.45. The van der Waals surface area contributed by atoms with E-state index in [2.05, 4.69) is 51.4 Å². The van der Waals surface area contributed by atoms with E-state index >= 15 is 0 Å². The second-order valence-corrected chi connectivity index (χ2v) is 7.46. The third-order valence-corrected chi connectivity index (χ3v) is 4.58. The Morgan fingerprint density at radius 1 is 1.13 bits per heavy atom. The van der Waals surface area contributed by atoms with Crippen LogP contribution in [-0.4, -0.2) is 34.4 Å². The molecule has 0 aliphatic heterocycles. The molecule has 1 atom stereocenters. The maximum Gasteiger partial charge on any atom is 0.228 e. The number of carbonyl (C=O) groups is 1. The van der Waals surface area contributed by atoms with Crippen LogP contribution in [0.4, 0.5) is 0 Å². The smallest absolute Gasteiger partial charge is 0.228 e. The molecule has 23 heavy (non-hydrogen) atoms. The van der Waals surface area contributed by atoms with Gasteiger partial charge >= 0.3 is 0 Å². The van der Waals surface area contributed by atoms with Gasteiger partial charge in [-0.3, -0.25) is 14.7 Å². The number of amides is 1. The van der Waals surface area contributed by atoms with E-state index in [0.29, 0.717) is 18.0 Å². The van der Waals surface area contributed by atoms with Gasteiger partial charge in [0.1, 0.15) is 0 Å². The van der Waals surface area contributed by atoms with Crippen LogP contribution in [0.15, 0.2) is 24.5 Å². The van der Waals surface area contributed by atoms with E-state index in [0.717, 1.165) is 24.9 Å². The Kier molecular flexibility index (Phi) is 7.20. The summed E-state index contributed by atoms with van der Waals surface area (Å²) in [5.74, 6) is 0.159. The molecule has 1 heterocycles. The Labute approximate surface area is 141 Å². The lowest BCUT2D eigenvalue weighted by Gasteiger charge is -2.37. The van der Waals surface area contributed by atoms with E-state index in [9.17, 15) is 4.79 Å². The minimum Gasteiger partial charge on any atom is -0.369 e. The van der Waals surface area contributed by atoms with E-state index in [-0.39, 0.29) is 5.91 Å². The van der Waals surface area contributed by atoms with Crippen LogP contribution in [0.2, 0.25) is 0 Å². The van der Waals surface area contributed by atoms with E-state index < -0.39 is 5.41 Å². The summed E-state index contributed by atoms with van der Waals surface area (Å²) in [4.78, 5) is 19.0. The van der Waals surface area contributed by atoms with Gasteiger partial charge in [0.2, 0.25) is 5.91 Å². The van der Waals surface area contributed by atoms with Gasteiger partial charge in [-0.15, -0.1) is 0 Å². The highest BCUT2D eigenvalue weighted by Crippen LogP contribution is 2.35. The highest BCUT2D eigenvalue weighted by Gasteiger charge is 2.39. The van der Waals surface area contributed by atoms with Crippen molar-refractivity contribution in [3.63, 3.8) is 0 Å². The lowest BCUT2D eigenvalue weighted by Crippen LogP contribution is -2.47. The Balaban J connectivity index is 3.15. The van der Waals surface area contributed by atoms with Crippen LogP contribution in [0, 0.1) is 5.92 Å². The fraction of sp³-hybridized carbons (Fsp3) is 0.684. The Bertz CT molecular complexity index is 477. The van der Waals surface area contributed by atoms with Crippen molar-refractivity contribution >= 4 is 5.91 Å². The predicted octanol–water partition coefficient (Wildman–Crippen LogP) is 3.36. The van der Waals surface area contributed by atoms with E-state index in [1.165, 1.54) is 0 Å². The van der Waals surface area contributed by atoms with Gasteiger partial charge in [-0.05, 0) is 64.2 Å². The van der Waals surface area contributed by atoms with E-state index in [1.807, 2.05) is 12.1 Å². The summed E-state index contributed by atoms with van der Waals surface area (Å²) in [5.41, 5.74) is 6.27. The lowest BCUT2D eigenvalue weighted by molar-refractivity contribution is -0.124. The van der Waals surface area contributed by atoms with Gasteiger partial charge in [0.05, 0.1) is 5.41 Å². The monoisotopic (exact) mass is 319 g/mol. The first kappa shape index (κ1) is 19.6. The van der Waals surface area contributed by atoms with Gasteiger partial charge < -0.3 is 5.73 Å². The first-order valence-electron chi connectivity index (χ1n) is 8.67. The second-order valence-electron chi connectivity index (χ2n) is 7.46. The molecule has 1 aromatic rings. The molecule has 4 nitrogen and oxygen atoms in total. The SMILES string of the molecule is CC(C)CC(CCN(C(C)C)C(C)C)(C(N)=O)c1ccncc1. The zero-order chi connectivity index (χ0) is 17.6. The van der Waals surface area contributed by atoms with Crippen molar-refractivity contribution in [2.45, 2.75) is 71.9 Å². The number of nitrogens with two attached hydrogens (primary N) is 1. The third-order valence-electron chi connectivity index (χ3n) is 4.58. The molecule has 0 fully saturated rings. The number of nitrogens with zero attached hydrogens (tertiary/aromatic N) is 2. The molecule has 0 saturated heterocycles. The number of primary amides is 1. The van der Waals surface area contributed by atoms with Crippen LogP contribution in [0.1, 0.15) is 59.9 Å². The maximum atomic E-state index is 12.5. The van der Waals surface area contributed by atoms with Crippen molar-refractivity contribution < 1.29 is 4.79 Å². The Morgan fingerprint density at radius 2 is 1.65 bits per heavy atom. The largest absolute Gasteiger partial charge is 0.369 e. The summed E-state index contributed by atoms with van der Waals surface area (Å²) in [6.07, 6.45) is 4.99. The normalized spacial score (nSPS) is 14.7. The topological polar surface area (TPSA) is 59.2 Å². The van der Waals surface area contributed by atoms with Crippen molar-refractivity contribution in [3.05, 3.63) is 30.1 Å². The zero-order valence-electron chi connectivity index (χ0n) is 15.5. The first-order chi connectivity index (χ1) is 10.7. The lowest BCUT2D eigenvalue weighted by atomic mass is 9.71. The molecule has 1 aromatic heterocycles. The van der Waals surface area contributed by atoms with Crippen molar-refractivity contribution in [2.24, 2.45) is 11.7 Å². The van der Waals surface area contributed by atoms with Gasteiger partial charge in [0, 0.05) is 31.0 Å². The summed E-state index contributed by atoms with van der Waals surface area (Å²) in [6, 6.07) is 4.75. The van der Waals surface area contributed by atoms with Gasteiger partial charge in [-0.25, -0.2) is 0 Å². The third kappa shape index (κ3) is 5.03. The summed E-state index contributed by atoms with van der Waals surface area (Å²) in [6.45, 7) is 13.9. The van der Waals surface area contributed by atoms with Crippen LogP contribution in [-0.2, 0) is 10.2 Å². The molecule has 1 rings (SSSR count). The molecule has 0 radical (unpaired) electrons. The Hall–Kier alpha value is -1.42. The van der Waals surface area contributed by atoms with Crippen molar-refractivity contribution in [1.29, 1.82) is 0 Å². The average molecular weight is 319 g/mol. The van der Waals surface area contributed by atoms with Crippen molar-refractivity contribution in [2.75, 3.05) is 6.54 Å². The molecule has 0 spiro atoms. The minimum absolute atomic E-state index is 0.232. The second kappa shape index (κ2) is 8.44. The highest BCUT2D eigenvalue weighted by molar-refractivity contribution is 5.86. The van der Waals surface area contributed by atoms with E-state index in [4.69, 9.17) is 5.73 Å². The number of hydrogen-bond acceptors (Lipinski definition) is 3. The van der Waals surface area contributed by atoms with Gasteiger partial charge in [-0.1, -0.05) is 13.8 Å². The van der Waals surface area contributed by atoms with Crippen LogP contribution in [0.25, 0.3) is 0 Å². The van der Waals surface area contributed by atoms with Crippen molar-refractivity contribution in [1.82, 2.24) is 9.88 Å². The van der Waals surface area contributed by atoms with Gasteiger partial charge in [0.15, 0.2) is 0 Å². The molecular weight excluding hydrogens is 286 g/mol. The van der Waals surface area contributed by atoms with Gasteiger partial charge in [-0.2, -0.15) is 0 Å². The molecule has 0 aliphatic rings. The number of aromatic nitrogens is 1. The number of carbonyl (C=O) groups excluding carboxylic acids is 1. The Morgan fingerprint density at radius 3 is 2.04 bits per heavy atom. The molecule has 2 N–H and O–H groups in total. The number of pyridine rings is 1. The zero-order valence-corrected chi connectivity index (χ0v) is 15.5. The van der Waals surface area contributed by atoms with E-state index in [1.54, 1.807) is 12.4 Å². The molecule has 0 aromatic carbocycles. The summed E-state index contributed by atoms with van der Waals surface area (Å²) in [5, 5.41) is 0. The molecule has 4 heteroatoms. The molecule has 1 unspecified atom stereocenters. The fourth-order valence-electron chi connectivity index (χ4n) is 3.53. The predicted molar refractivity (Wildman–Crippen MR) is 96.2 cm³/mol. The first-order valence-corrected chi connectivity index (χ1v) is 8.67. The van der Waals surface area contributed by atoms with Crippen LogP contribution in [0.5, 0.6) is 0 Å². The standard InChI is InChI=1S/C19H33N3O/c1-14(2)13-19(18(20)23,17-7-10-21-11-8-17)9-12-22(15(3)4)16(5)6/h7-8,10-11,14-16H,9,12-13H2,1-6H3,(H2,20,23). The summed E-state index contributed by atoms with van der Waals surface area (Å²) >= 11 is 0. The molecule has 1 amide bonds. The van der Waals surface area contributed by atoms with Crippen LogP contribution >= 0.6 is 0 Å². The molecular formula is C19H33N3O. The molecule has 0 saturated carbocycles. The minimum atomic E-state index is -0.626. The summed E-state index contributed by atoms with van der Waals surface area (Å²) < 4.78 is 0. The van der Waals surface area contributed by atoms with Crippen LogP contribution in [0.3, 0.4) is 0 Å². The fourth-order valence-corrected chi connectivity index (χ4v) is 3.53. The highest BCUT2D eigenvalue weighted by atomic mass is 16.1. The number of rotatable bonds is 9. The molecule has 0 bridgehead atoms. The quantitative estimate of drug-likeness (QED) is 0.759. The number of hydrogen-bond donors (Lipinski definition) is 1. The van der Waals surface area contributed by atoms with Gasteiger partial charge in [0.25, 0.3) is 0 Å². The van der Waals surface area contributed by atoms with Crippen molar-refractivity contribution in [3.8, 4) is 0 Å². The molecule has 0 aliphatic carbocycles. The maximum absolute atomic E-state index is 12.5. The van der Waals surface area contributed by atoms with Crippen LogP contribution < -0.4 is 5.73 Å².